The highest BCUT2D eigenvalue weighted by Gasteiger charge is 2.09. The lowest BCUT2D eigenvalue weighted by atomic mass is 10.2. The Morgan fingerprint density at radius 2 is 2.00 bits per heavy atom. The highest BCUT2D eigenvalue weighted by atomic mass is 127. The van der Waals surface area contributed by atoms with Crippen molar-refractivity contribution in [2.75, 3.05) is 12.4 Å². The van der Waals surface area contributed by atoms with Crippen LogP contribution in [0, 0.1) is 10.6 Å². The quantitative estimate of drug-likeness (QED) is 0.362. The van der Waals surface area contributed by atoms with Crippen LogP contribution in [0.3, 0.4) is 0 Å². The third-order valence-electron chi connectivity index (χ3n) is 4.11. The van der Waals surface area contributed by atoms with Gasteiger partial charge in [0.1, 0.15) is 15.1 Å². The second-order valence-electron chi connectivity index (χ2n) is 5.80. The predicted octanol–water partition coefficient (Wildman–Crippen LogP) is 4.48. The fourth-order valence-corrected chi connectivity index (χ4v) is 3.19. The molecule has 0 saturated heterocycles. The number of aryl methyl sites for hydroxylation is 1. The third kappa shape index (κ3) is 3.22. The number of methoxy groups -OCH3 is 1. The standard InChI is InChI=1S/C19H16IN5O/c1-12-3-4-15(26-2)10-16(12)23-19-22-11-13-6-8-25(18(13)24-19)14-5-7-21-17(20)9-14/h3-11H,1-2H3,(H,22,23,24). The average Bonchev–Trinajstić information content (AvgIpc) is 3.07. The molecule has 0 atom stereocenters. The van der Waals surface area contributed by atoms with Gasteiger partial charge in [-0.25, -0.2) is 4.98 Å². The van der Waals surface area contributed by atoms with E-state index in [-0.39, 0.29) is 0 Å². The van der Waals surface area contributed by atoms with Gasteiger partial charge in [-0.05, 0) is 59.3 Å². The Hall–Kier alpha value is -2.68. The number of benzene rings is 1. The number of nitrogens with zero attached hydrogens (tertiary/aromatic N) is 4. The molecule has 130 valence electrons. The topological polar surface area (TPSA) is 64.9 Å². The van der Waals surface area contributed by atoms with Gasteiger partial charge in [0.05, 0.1) is 12.8 Å². The highest BCUT2D eigenvalue weighted by Crippen LogP contribution is 2.25. The molecule has 0 radical (unpaired) electrons. The van der Waals surface area contributed by atoms with Crippen molar-refractivity contribution in [3.63, 3.8) is 0 Å². The molecular weight excluding hydrogens is 441 g/mol. The molecule has 4 aromatic rings. The van der Waals surface area contributed by atoms with E-state index in [1.807, 2.05) is 60.3 Å². The van der Waals surface area contributed by atoms with Crippen LogP contribution in [0.1, 0.15) is 5.56 Å². The minimum Gasteiger partial charge on any atom is -0.497 e. The van der Waals surface area contributed by atoms with Gasteiger partial charge in [0.15, 0.2) is 0 Å². The molecule has 0 spiro atoms. The third-order valence-corrected chi connectivity index (χ3v) is 4.70. The Bertz CT molecular complexity index is 1090. The van der Waals surface area contributed by atoms with E-state index in [2.05, 4.69) is 37.9 Å². The van der Waals surface area contributed by atoms with Crippen molar-refractivity contribution in [3.8, 4) is 11.4 Å². The van der Waals surface area contributed by atoms with Crippen molar-refractivity contribution >= 4 is 45.3 Å². The largest absolute Gasteiger partial charge is 0.497 e. The van der Waals surface area contributed by atoms with Crippen molar-refractivity contribution < 1.29 is 4.74 Å². The van der Waals surface area contributed by atoms with Crippen molar-refractivity contribution in [1.82, 2.24) is 19.5 Å². The summed E-state index contributed by atoms with van der Waals surface area (Å²) in [5.74, 6) is 1.33. The second kappa shape index (κ2) is 6.91. The molecule has 0 amide bonds. The van der Waals surface area contributed by atoms with Gasteiger partial charge in [-0.2, -0.15) is 4.98 Å². The molecule has 3 aromatic heterocycles. The molecule has 7 heteroatoms. The molecule has 1 aromatic carbocycles. The summed E-state index contributed by atoms with van der Waals surface area (Å²) in [7, 11) is 1.65. The molecule has 4 rings (SSSR count). The second-order valence-corrected chi connectivity index (χ2v) is 6.91. The van der Waals surface area contributed by atoms with E-state index in [0.29, 0.717) is 5.95 Å². The van der Waals surface area contributed by atoms with Gasteiger partial charge in [0.2, 0.25) is 5.95 Å². The summed E-state index contributed by atoms with van der Waals surface area (Å²) in [6, 6.07) is 11.9. The van der Waals surface area contributed by atoms with Gasteiger partial charge in [-0.1, -0.05) is 6.07 Å². The summed E-state index contributed by atoms with van der Waals surface area (Å²) in [4.78, 5) is 13.4. The molecule has 3 heterocycles. The monoisotopic (exact) mass is 457 g/mol. The van der Waals surface area contributed by atoms with Gasteiger partial charge in [-0.3, -0.25) is 4.98 Å². The summed E-state index contributed by atoms with van der Waals surface area (Å²) < 4.78 is 8.27. The predicted molar refractivity (Wildman–Crippen MR) is 110 cm³/mol. The van der Waals surface area contributed by atoms with Crippen LogP contribution in [0.15, 0.2) is 55.0 Å². The van der Waals surface area contributed by atoms with E-state index >= 15 is 0 Å². The minimum atomic E-state index is 0.539. The van der Waals surface area contributed by atoms with Gasteiger partial charge >= 0.3 is 0 Å². The Balaban J connectivity index is 1.75. The first kappa shape index (κ1) is 16.8. The van der Waals surface area contributed by atoms with Crippen molar-refractivity contribution in [3.05, 3.63) is 64.3 Å². The molecule has 0 aliphatic carbocycles. The van der Waals surface area contributed by atoms with Crippen LogP contribution in [-0.4, -0.2) is 26.6 Å². The summed E-state index contributed by atoms with van der Waals surface area (Å²) in [5, 5.41) is 4.27. The SMILES string of the molecule is COc1ccc(C)c(Nc2ncc3ccn(-c4ccnc(I)c4)c3n2)c1. The summed E-state index contributed by atoms with van der Waals surface area (Å²) in [6.45, 7) is 2.03. The summed E-state index contributed by atoms with van der Waals surface area (Å²) in [5.41, 5.74) is 3.86. The number of rotatable bonds is 4. The van der Waals surface area contributed by atoms with Crippen LogP contribution >= 0.6 is 22.6 Å². The summed E-state index contributed by atoms with van der Waals surface area (Å²) in [6.07, 6.45) is 5.61. The molecule has 0 bridgehead atoms. The summed E-state index contributed by atoms with van der Waals surface area (Å²) >= 11 is 2.20. The van der Waals surface area contributed by atoms with Crippen LogP contribution in [0.25, 0.3) is 16.7 Å². The first-order valence-electron chi connectivity index (χ1n) is 8.02. The van der Waals surface area contributed by atoms with Crippen LogP contribution in [0.4, 0.5) is 11.6 Å². The van der Waals surface area contributed by atoms with Crippen LogP contribution in [-0.2, 0) is 0 Å². The lowest BCUT2D eigenvalue weighted by Crippen LogP contribution is -2.01. The zero-order valence-corrected chi connectivity index (χ0v) is 16.4. The van der Waals surface area contributed by atoms with Gasteiger partial charge in [0, 0.05) is 35.7 Å². The zero-order chi connectivity index (χ0) is 18.1. The van der Waals surface area contributed by atoms with E-state index in [4.69, 9.17) is 9.72 Å². The molecule has 0 aliphatic heterocycles. The van der Waals surface area contributed by atoms with Crippen LogP contribution in [0.5, 0.6) is 5.75 Å². The van der Waals surface area contributed by atoms with Gasteiger partial charge in [-0.15, -0.1) is 0 Å². The fraction of sp³-hybridized carbons (Fsp3) is 0.105. The first-order valence-corrected chi connectivity index (χ1v) is 9.09. The average molecular weight is 457 g/mol. The first-order chi connectivity index (χ1) is 12.6. The Kier molecular flexibility index (Phi) is 4.46. The maximum absolute atomic E-state index is 5.30. The number of ether oxygens (including phenoxy) is 1. The molecule has 6 nitrogen and oxygen atoms in total. The Morgan fingerprint density at radius 3 is 2.81 bits per heavy atom. The Morgan fingerprint density at radius 1 is 1.12 bits per heavy atom. The number of hydrogen-bond acceptors (Lipinski definition) is 5. The Labute approximate surface area is 164 Å². The minimum absolute atomic E-state index is 0.539. The van der Waals surface area contributed by atoms with Crippen molar-refractivity contribution in [1.29, 1.82) is 0 Å². The van der Waals surface area contributed by atoms with E-state index in [9.17, 15) is 0 Å². The van der Waals surface area contributed by atoms with E-state index in [0.717, 1.165) is 37.4 Å². The smallest absolute Gasteiger partial charge is 0.229 e. The molecule has 0 fully saturated rings. The normalized spacial score (nSPS) is 10.9. The molecule has 0 aliphatic rings. The highest BCUT2D eigenvalue weighted by molar-refractivity contribution is 14.1. The maximum Gasteiger partial charge on any atom is 0.229 e. The van der Waals surface area contributed by atoms with E-state index < -0.39 is 0 Å². The van der Waals surface area contributed by atoms with Crippen molar-refractivity contribution in [2.24, 2.45) is 0 Å². The number of hydrogen-bond donors (Lipinski definition) is 1. The number of nitrogens with one attached hydrogen (secondary N) is 1. The van der Waals surface area contributed by atoms with Crippen LogP contribution in [0.2, 0.25) is 0 Å². The van der Waals surface area contributed by atoms with Crippen LogP contribution < -0.4 is 10.1 Å². The van der Waals surface area contributed by atoms with Gasteiger partial charge in [0.25, 0.3) is 0 Å². The van der Waals surface area contributed by atoms with Gasteiger partial charge < -0.3 is 14.6 Å². The molecular formula is C19H16IN5O. The lowest BCUT2D eigenvalue weighted by Gasteiger charge is -2.11. The lowest BCUT2D eigenvalue weighted by molar-refractivity contribution is 0.415. The molecule has 0 saturated carbocycles. The fourth-order valence-electron chi connectivity index (χ4n) is 2.71. The zero-order valence-electron chi connectivity index (χ0n) is 14.3. The molecule has 26 heavy (non-hydrogen) atoms. The number of anilines is 2. The number of fused-ring (bicyclic) bond motifs is 1. The van der Waals surface area contributed by atoms with E-state index in [1.54, 1.807) is 13.3 Å². The van der Waals surface area contributed by atoms with E-state index in [1.165, 1.54) is 0 Å². The number of pyridine rings is 1. The molecule has 0 unspecified atom stereocenters. The maximum atomic E-state index is 5.30. The number of halogens is 1. The number of aromatic nitrogens is 4. The molecule has 1 N–H and O–H groups in total. The van der Waals surface area contributed by atoms with Crippen molar-refractivity contribution in [2.45, 2.75) is 6.92 Å².